The number of hydrogen-bond acceptors (Lipinski definition) is 11. The second kappa shape index (κ2) is 30.0. The fourth-order valence-corrected chi connectivity index (χ4v) is 6.96. The van der Waals surface area contributed by atoms with E-state index in [-0.39, 0.29) is 19.4 Å². The zero-order valence-corrected chi connectivity index (χ0v) is 32.5. The van der Waals surface area contributed by atoms with E-state index in [1.165, 1.54) is 96.3 Å². The standard InChI is InChI=1S/C38H72O12S/c1-3-5-7-9-11-13-14-15-16-17-19-21-23-25-27-34(40)49-31(28-47-33(39)26-24-22-20-18-12-10-8-6-4-2)29-48-38-37(43)36(42)35(41)32(50-38)30-51(44,45)46/h31-32,35-38,41-43H,3-30H2,1-2H3,(H,44,45,46)/t31-,32-,35-,36?,37?,38+/m1/s1. The van der Waals surface area contributed by atoms with Crippen molar-refractivity contribution in [1.82, 2.24) is 0 Å². The SMILES string of the molecule is CCCCCCCCCCCCCCCCC(=O)O[C@H](COC(=O)CCCCCCCCCCC)CO[C@H]1O[C@H](CS(=O)(=O)O)[C@@H](O)C(O)C1O. The Kier molecular flexibility index (Phi) is 28.1. The van der Waals surface area contributed by atoms with Gasteiger partial charge in [0.2, 0.25) is 0 Å². The molecule has 0 aliphatic carbocycles. The molecule has 0 aromatic heterocycles. The summed E-state index contributed by atoms with van der Waals surface area (Å²) in [5, 5.41) is 30.7. The summed E-state index contributed by atoms with van der Waals surface area (Å²) in [5.41, 5.74) is 0. The Hall–Kier alpha value is -1.35. The van der Waals surface area contributed by atoms with E-state index < -0.39 is 71.2 Å². The van der Waals surface area contributed by atoms with E-state index in [0.29, 0.717) is 12.8 Å². The van der Waals surface area contributed by atoms with Gasteiger partial charge in [-0.2, -0.15) is 8.42 Å². The van der Waals surface area contributed by atoms with Gasteiger partial charge >= 0.3 is 11.9 Å². The highest BCUT2D eigenvalue weighted by Gasteiger charge is 2.46. The molecular formula is C38H72O12S. The van der Waals surface area contributed by atoms with Crippen LogP contribution < -0.4 is 0 Å². The van der Waals surface area contributed by atoms with Gasteiger partial charge < -0.3 is 34.3 Å². The van der Waals surface area contributed by atoms with Crippen molar-refractivity contribution in [1.29, 1.82) is 0 Å². The smallest absolute Gasteiger partial charge is 0.306 e. The first-order valence-corrected chi connectivity index (χ1v) is 21.7. The minimum atomic E-state index is -4.59. The predicted molar refractivity (Wildman–Crippen MR) is 197 cm³/mol. The first kappa shape index (κ1) is 47.7. The van der Waals surface area contributed by atoms with Crippen molar-refractivity contribution in [2.24, 2.45) is 0 Å². The maximum absolute atomic E-state index is 12.7. The molecule has 0 spiro atoms. The third kappa shape index (κ3) is 25.3. The maximum Gasteiger partial charge on any atom is 0.306 e. The monoisotopic (exact) mass is 752 g/mol. The van der Waals surface area contributed by atoms with Crippen molar-refractivity contribution >= 4 is 22.1 Å². The van der Waals surface area contributed by atoms with E-state index in [1.807, 2.05) is 0 Å². The Balaban J connectivity index is 2.49. The number of carbonyl (C=O) groups is 2. The van der Waals surface area contributed by atoms with Crippen molar-refractivity contribution in [2.45, 2.75) is 211 Å². The lowest BCUT2D eigenvalue weighted by Gasteiger charge is -2.40. The predicted octanol–water partition coefficient (Wildman–Crippen LogP) is 6.95. The molecule has 0 bridgehead atoms. The number of rotatable bonds is 33. The van der Waals surface area contributed by atoms with Crippen LogP contribution in [0.1, 0.15) is 174 Å². The lowest BCUT2D eigenvalue weighted by molar-refractivity contribution is -0.297. The van der Waals surface area contributed by atoms with Gasteiger partial charge in [-0.3, -0.25) is 14.1 Å². The molecule has 0 saturated carbocycles. The highest BCUT2D eigenvalue weighted by Crippen LogP contribution is 2.24. The van der Waals surface area contributed by atoms with Crippen molar-refractivity contribution < 1.29 is 56.8 Å². The fourth-order valence-electron chi connectivity index (χ4n) is 6.26. The average Bonchev–Trinajstić information content (AvgIpc) is 3.09. The van der Waals surface area contributed by atoms with Gasteiger partial charge in [0.15, 0.2) is 12.4 Å². The van der Waals surface area contributed by atoms with Gasteiger partial charge in [-0.15, -0.1) is 0 Å². The summed E-state index contributed by atoms with van der Waals surface area (Å²) in [6.45, 7) is 3.72. The molecule has 1 heterocycles. The third-order valence-electron chi connectivity index (χ3n) is 9.44. The number of ether oxygens (including phenoxy) is 4. The Morgan fingerprint density at radius 3 is 1.43 bits per heavy atom. The summed E-state index contributed by atoms with van der Waals surface area (Å²) < 4.78 is 53.8. The Labute approximate surface area is 308 Å². The molecule has 0 aromatic carbocycles. The van der Waals surface area contributed by atoms with Gasteiger partial charge in [-0.25, -0.2) is 0 Å². The maximum atomic E-state index is 12.7. The molecule has 302 valence electrons. The molecule has 51 heavy (non-hydrogen) atoms. The first-order valence-electron chi connectivity index (χ1n) is 20.1. The summed E-state index contributed by atoms with van der Waals surface area (Å²) in [6, 6.07) is 0. The van der Waals surface area contributed by atoms with Crippen molar-refractivity contribution in [2.75, 3.05) is 19.0 Å². The molecule has 13 heteroatoms. The molecule has 1 fully saturated rings. The van der Waals surface area contributed by atoms with E-state index in [0.717, 1.165) is 38.5 Å². The van der Waals surface area contributed by atoms with Crippen LogP contribution >= 0.6 is 0 Å². The summed E-state index contributed by atoms with van der Waals surface area (Å²) in [5.74, 6) is -1.97. The summed E-state index contributed by atoms with van der Waals surface area (Å²) >= 11 is 0. The molecule has 12 nitrogen and oxygen atoms in total. The Bertz CT molecular complexity index is 978. The summed E-state index contributed by atoms with van der Waals surface area (Å²) in [6.07, 6.45) is 17.4. The second-order valence-electron chi connectivity index (χ2n) is 14.3. The fraction of sp³-hybridized carbons (Fsp3) is 0.947. The van der Waals surface area contributed by atoms with Crippen molar-refractivity contribution in [3.8, 4) is 0 Å². The topological polar surface area (TPSA) is 186 Å². The van der Waals surface area contributed by atoms with E-state index in [9.17, 15) is 37.9 Å². The third-order valence-corrected chi connectivity index (χ3v) is 10.2. The molecule has 4 N–H and O–H groups in total. The van der Waals surface area contributed by atoms with Gasteiger partial charge in [0.25, 0.3) is 10.1 Å². The van der Waals surface area contributed by atoms with Gasteiger partial charge in [0.05, 0.1) is 6.61 Å². The number of aliphatic hydroxyl groups excluding tert-OH is 3. The number of hydrogen-bond donors (Lipinski definition) is 4. The van der Waals surface area contributed by atoms with Crippen LogP contribution in [0.25, 0.3) is 0 Å². The molecule has 6 atom stereocenters. The number of esters is 2. The van der Waals surface area contributed by atoms with Crippen LogP contribution in [0.5, 0.6) is 0 Å². The van der Waals surface area contributed by atoms with Crippen LogP contribution in [-0.2, 0) is 38.7 Å². The van der Waals surface area contributed by atoms with Crippen LogP contribution in [0.2, 0.25) is 0 Å². The van der Waals surface area contributed by atoms with E-state index >= 15 is 0 Å². The number of unbranched alkanes of at least 4 members (excludes halogenated alkanes) is 21. The lowest BCUT2D eigenvalue weighted by Crippen LogP contribution is -2.60. The van der Waals surface area contributed by atoms with E-state index in [4.69, 9.17) is 18.9 Å². The number of aliphatic hydroxyl groups is 3. The zero-order valence-electron chi connectivity index (χ0n) is 31.7. The molecule has 2 unspecified atom stereocenters. The lowest BCUT2D eigenvalue weighted by atomic mass is 10.00. The molecule has 1 saturated heterocycles. The molecule has 0 amide bonds. The van der Waals surface area contributed by atoms with Gasteiger partial charge in [-0.1, -0.05) is 149 Å². The normalized spacial score (nSPS) is 21.4. The van der Waals surface area contributed by atoms with Crippen molar-refractivity contribution in [3.05, 3.63) is 0 Å². The first-order chi connectivity index (χ1) is 24.5. The van der Waals surface area contributed by atoms with Crippen molar-refractivity contribution in [3.63, 3.8) is 0 Å². The highest BCUT2D eigenvalue weighted by molar-refractivity contribution is 7.85. The summed E-state index contributed by atoms with van der Waals surface area (Å²) in [4.78, 5) is 25.2. The minimum absolute atomic E-state index is 0.171. The molecule has 0 aromatic rings. The van der Waals surface area contributed by atoms with Crippen LogP contribution in [0.3, 0.4) is 0 Å². The number of carbonyl (C=O) groups excluding carboxylic acids is 2. The van der Waals surface area contributed by atoms with Crippen LogP contribution in [0.15, 0.2) is 0 Å². The van der Waals surface area contributed by atoms with Crippen LogP contribution in [-0.4, -0.2) is 96.0 Å². The Morgan fingerprint density at radius 2 is 1.00 bits per heavy atom. The molecular weight excluding hydrogens is 680 g/mol. The zero-order chi connectivity index (χ0) is 37.7. The van der Waals surface area contributed by atoms with E-state index in [2.05, 4.69) is 13.8 Å². The van der Waals surface area contributed by atoms with Crippen LogP contribution in [0, 0.1) is 0 Å². The largest absolute Gasteiger partial charge is 0.462 e. The van der Waals surface area contributed by atoms with E-state index in [1.54, 1.807) is 0 Å². The quantitative estimate of drug-likeness (QED) is 0.0308. The van der Waals surface area contributed by atoms with Crippen LogP contribution in [0.4, 0.5) is 0 Å². The summed E-state index contributed by atoms with van der Waals surface area (Å²) in [7, 11) is -4.59. The Morgan fingerprint density at radius 1 is 0.588 bits per heavy atom. The second-order valence-corrected chi connectivity index (χ2v) is 15.8. The van der Waals surface area contributed by atoms with Gasteiger partial charge in [0, 0.05) is 12.8 Å². The minimum Gasteiger partial charge on any atom is -0.462 e. The highest BCUT2D eigenvalue weighted by atomic mass is 32.2. The molecule has 1 aliphatic rings. The molecule has 1 aliphatic heterocycles. The molecule has 0 radical (unpaired) electrons. The molecule has 1 rings (SSSR count). The van der Waals surface area contributed by atoms with Gasteiger partial charge in [-0.05, 0) is 12.8 Å². The van der Waals surface area contributed by atoms with Gasteiger partial charge in [0.1, 0.15) is 36.8 Å². The average molecular weight is 753 g/mol.